The first-order chi connectivity index (χ1) is 11.8. The molecular weight excluding hydrogens is 320 g/mol. The molecule has 0 atom stereocenters. The van der Waals surface area contributed by atoms with Crippen LogP contribution < -0.4 is 20.1 Å². The zero-order chi connectivity index (χ0) is 18.4. The van der Waals surface area contributed by atoms with E-state index >= 15 is 0 Å². The molecule has 0 spiro atoms. The van der Waals surface area contributed by atoms with E-state index in [4.69, 9.17) is 9.47 Å². The largest absolute Gasteiger partial charge is 0.493 e. The van der Waals surface area contributed by atoms with E-state index in [0.29, 0.717) is 29.7 Å². The molecule has 25 heavy (non-hydrogen) atoms. The van der Waals surface area contributed by atoms with Gasteiger partial charge in [-0.15, -0.1) is 0 Å². The third kappa shape index (κ3) is 5.34. The maximum absolute atomic E-state index is 12.3. The Morgan fingerprint density at radius 1 is 1.12 bits per heavy atom. The van der Waals surface area contributed by atoms with Crippen LogP contribution in [0.4, 0.5) is 5.95 Å². The average Bonchev–Trinajstić information content (AvgIpc) is 2.58. The van der Waals surface area contributed by atoms with Crippen LogP contribution in [0.25, 0.3) is 0 Å². The van der Waals surface area contributed by atoms with Gasteiger partial charge in [0, 0.05) is 18.3 Å². The van der Waals surface area contributed by atoms with E-state index in [0.717, 1.165) is 5.56 Å². The minimum atomic E-state index is -0.269. The molecule has 0 aliphatic rings. The Bertz CT molecular complexity index is 741. The Hall–Kier alpha value is -2.83. The van der Waals surface area contributed by atoms with Gasteiger partial charge in [0.05, 0.1) is 14.2 Å². The number of anilines is 1. The van der Waals surface area contributed by atoms with E-state index in [1.54, 1.807) is 32.5 Å². The zero-order valence-corrected chi connectivity index (χ0v) is 15.2. The van der Waals surface area contributed by atoms with Crippen molar-refractivity contribution in [2.24, 2.45) is 0 Å². The molecule has 0 saturated carbocycles. The molecule has 0 aliphatic carbocycles. The summed E-state index contributed by atoms with van der Waals surface area (Å²) < 4.78 is 10.5. The van der Waals surface area contributed by atoms with Crippen LogP contribution in [0.2, 0.25) is 0 Å². The number of benzene rings is 1. The highest BCUT2D eigenvalue weighted by molar-refractivity contribution is 5.92. The van der Waals surface area contributed by atoms with Crippen molar-refractivity contribution in [2.45, 2.75) is 32.9 Å². The molecule has 0 bridgehead atoms. The van der Waals surface area contributed by atoms with Gasteiger partial charge in [-0.05, 0) is 44.5 Å². The molecule has 0 saturated heterocycles. The first-order valence-electron chi connectivity index (χ1n) is 7.93. The Kier molecular flexibility index (Phi) is 5.80. The van der Waals surface area contributed by atoms with Crippen molar-refractivity contribution in [1.29, 1.82) is 0 Å². The minimum Gasteiger partial charge on any atom is -0.493 e. The molecule has 0 fully saturated rings. The quantitative estimate of drug-likeness (QED) is 0.838. The van der Waals surface area contributed by atoms with Gasteiger partial charge in [-0.1, -0.05) is 6.07 Å². The van der Waals surface area contributed by atoms with Gasteiger partial charge in [0.25, 0.3) is 5.91 Å². The highest BCUT2D eigenvalue weighted by Crippen LogP contribution is 2.27. The zero-order valence-electron chi connectivity index (χ0n) is 15.2. The van der Waals surface area contributed by atoms with E-state index in [9.17, 15) is 4.79 Å². The van der Waals surface area contributed by atoms with Crippen molar-refractivity contribution in [2.75, 3.05) is 19.5 Å². The summed E-state index contributed by atoms with van der Waals surface area (Å²) in [4.78, 5) is 20.7. The van der Waals surface area contributed by atoms with Crippen LogP contribution in [-0.2, 0) is 6.54 Å². The van der Waals surface area contributed by atoms with Crippen LogP contribution in [0.5, 0.6) is 11.5 Å². The number of methoxy groups -OCH3 is 2. The molecule has 1 heterocycles. The maximum atomic E-state index is 12.3. The predicted octanol–water partition coefficient (Wildman–Crippen LogP) is 2.63. The van der Waals surface area contributed by atoms with Gasteiger partial charge in [-0.3, -0.25) is 4.79 Å². The monoisotopic (exact) mass is 344 g/mol. The lowest BCUT2D eigenvalue weighted by Crippen LogP contribution is -2.29. The van der Waals surface area contributed by atoms with Gasteiger partial charge >= 0.3 is 0 Å². The molecule has 1 aromatic carbocycles. The van der Waals surface area contributed by atoms with Gasteiger partial charge in [-0.25, -0.2) is 9.97 Å². The molecule has 2 N–H and O–H groups in total. The van der Waals surface area contributed by atoms with Gasteiger partial charge in [-0.2, -0.15) is 0 Å². The molecule has 1 amide bonds. The number of rotatable bonds is 6. The smallest absolute Gasteiger partial charge is 0.270 e. The number of nitrogens with zero attached hydrogens (tertiary/aromatic N) is 2. The number of amides is 1. The fourth-order valence-electron chi connectivity index (χ4n) is 2.14. The van der Waals surface area contributed by atoms with Crippen molar-refractivity contribution in [3.63, 3.8) is 0 Å². The molecule has 7 nitrogen and oxygen atoms in total. The van der Waals surface area contributed by atoms with E-state index in [-0.39, 0.29) is 11.4 Å². The summed E-state index contributed by atoms with van der Waals surface area (Å²) in [6.07, 6.45) is 1.56. The van der Waals surface area contributed by atoms with Crippen LogP contribution in [0.15, 0.2) is 30.5 Å². The fourth-order valence-corrected chi connectivity index (χ4v) is 2.14. The van der Waals surface area contributed by atoms with Crippen LogP contribution >= 0.6 is 0 Å². The summed E-state index contributed by atoms with van der Waals surface area (Å²) in [6, 6.07) is 7.08. The first-order valence-corrected chi connectivity index (χ1v) is 7.93. The highest BCUT2D eigenvalue weighted by atomic mass is 16.5. The van der Waals surface area contributed by atoms with Gasteiger partial charge in [0.15, 0.2) is 11.5 Å². The molecule has 2 aromatic rings. The minimum absolute atomic E-state index is 0.186. The Morgan fingerprint density at radius 3 is 2.48 bits per heavy atom. The van der Waals surface area contributed by atoms with Crippen LogP contribution in [0, 0.1) is 0 Å². The molecule has 1 aromatic heterocycles. The summed E-state index contributed by atoms with van der Waals surface area (Å²) in [5.74, 6) is 1.42. The molecule has 7 heteroatoms. The van der Waals surface area contributed by atoms with E-state index in [1.807, 2.05) is 32.9 Å². The van der Waals surface area contributed by atoms with Crippen LogP contribution in [-0.4, -0.2) is 35.6 Å². The van der Waals surface area contributed by atoms with E-state index in [2.05, 4.69) is 20.6 Å². The molecular formula is C18H24N4O3. The number of aromatic nitrogens is 2. The van der Waals surface area contributed by atoms with Gasteiger partial charge in [0.1, 0.15) is 5.69 Å². The van der Waals surface area contributed by atoms with Crippen LogP contribution in [0.1, 0.15) is 36.8 Å². The van der Waals surface area contributed by atoms with E-state index in [1.165, 1.54) is 0 Å². The lowest BCUT2D eigenvalue weighted by Gasteiger charge is -2.20. The molecule has 0 aliphatic heterocycles. The lowest BCUT2D eigenvalue weighted by molar-refractivity contribution is 0.0945. The number of carbonyl (C=O) groups excluding carboxylic acids is 1. The lowest BCUT2D eigenvalue weighted by atomic mass is 10.1. The maximum Gasteiger partial charge on any atom is 0.270 e. The third-order valence-corrected chi connectivity index (χ3v) is 3.28. The molecule has 0 unspecified atom stereocenters. The molecule has 0 radical (unpaired) electrons. The molecule has 2 rings (SSSR count). The second-order valence-corrected chi connectivity index (χ2v) is 6.51. The SMILES string of the molecule is COc1ccc(CNC(=O)c2ccnc(NC(C)(C)C)n2)cc1OC. The summed E-state index contributed by atoms with van der Waals surface area (Å²) in [5, 5.41) is 5.99. The Labute approximate surface area is 147 Å². The van der Waals surface area contributed by atoms with Gasteiger partial charge < -0.3 is 20.1 Å². The Balaban J connectivity index is 2.04. The third-order valence-electron chi connectivity index (χ3n) is 3.28. The number of hydrogen-bond donors (Lipinski definition) is 2. The normalized spacial score (nSPS) is 10.9. The number of ether oxygens (including phenoxy) is 2. The van der Waals surface area contributed by atoms with E-state index < -0.39 is 0 Å². The standard InChI is InChI=1S/C18H24N4O3/c1-18(2,3)22-17-19-9-8-13(21-17)16(23)20-11-12-6-7-14(24-4)15(10-12)25-5/h6-10H,11H2,1-5H3,(H,20,23)(H,19,21,22). The number of carbonyl (C=O) groups is 1. The predicted molar refractivity (Wildman–Crippen MR) is 96.1 cm³/mol. The van der Waals surface area contributed by atoms with Crippen LogP contribution in [0.3, 0.4) is 0 Å². The van der Waals surface area contributed by atoms with Crippen molar-refractivity contribution in [3.05, 3.63) is 41.7 Å². The van der Waals surface area contributed by atoms with Crippen molar-refractivity contribution in [3.8, 4) is 11.5 Å². The van der Waals surface area contributed by atoms with Crippen molar-refractivity contribution >= 4 is 11.9 Å². The first kappa shape index (κ1) is 18.5. The number of nitrogens with one attached hydrogen (secondary N) is 2. The number of hydrogen-bond acceptors (Lipinski definition) is 6. The molecule has 134 valence electrons. The average molecular weight is 344 g/mol. The fraction of sp³-hybridized carbons (Fsp3) is 0.389. The Morgan fingerprint density at radius 2 is 1.84 bits per heavy atom. The summed E-state index contributed by atoms with van der Waals surface area (Å²) in [6.45, 7) is 6.35. The van der Waals surface area contributed by atoms with Crippen molar-refractivity contribution in [1.82, 2.24) is 15.3 Å². The topological polar surface area (TPSA) is 85.4 Å². The van der Waals surface area contributed by atoms with Crippen molar-refractivity contribution < 1.29 is 14.3 Å². The van der Waals surface area contributed by atoms with Gasteiger partial charge in [0.2, 0.25) is 5.95 Å². The summed E-state index contributed by atoms with van der Waals surface area (Å²) >= 11 is 0. The summed E-state index contributed by atoms with van der Waals surface area (Å²) in [5.41, 5.74) is 1.02. The second-order valence-electron chi connectivity index (χ2n) is 6.51. The second kappa shape index (κ2) is 7.83. The highest BCUT2D eigenvalue weighted by Gasteiger charge is 2.14. The summed E-state index contributed by atoms with van der Waals surface area (Å²) in [7, 11) is 3.16.